The highest BCUT2D eigenvalue weighted by atomic mass is 16.2. The average Bonchev–Trinajstić information content (AvgIpc) is 2.90. The lowest BCUT2D eigenvalue weighted by Gasteiger charge is -2.18. The predicted octanol–water partition coefficient (Wildman–Crippen LogP) is 5.61. The van der Waals surface area contributed by atoms with Crippen molar-refractivity contribution in [3.8, 4) is 0 Å². The van der Waals surface area contributed by atoms with Gasteiger partial charge in [-0.15, -0.1) is 0 Å². The Labute approximate surface area is 204 Å². The molecule has 0 heterocycles. The van der Waals surface area contributed by atoms with Crippen molar-refractivity contribution in [1.82, 2.24) is 5.32 Å². The summed E-state index contributed by atoms with van der Waals surface area (Å²) in [5, 5.41) is 5.28. The minimum atomic E-state index is -0.550. The van der Waals surface area contributed by atoms with Crippen LogP contribution in [0.15, 0.2) is 115 Å². The third kappa shape index (κ3) is 6.51. The van der Waals surface area contributed by atoms with Gasteiger partial charge in [-0.25, -0.2) is 0 Å². The van der Waals surface area contributed by atoms with E-state index in [1.54, 1.807) is 48.5 Å². The fourth-order valence-electron chi connectivity index (χ4n) is 3.97. The highest BCUT2D eigenvalue weighted by molar-refractivity contribution is 6.12. The number of carbonyl (C=O) groups is 3. The first-order chi connectivity index (χ1) is 17.1. The summed E-state index contributed by atoms with van der Waals surface area (Å²) in [6.45, 7) is 0. The summed E-state index contributed by atoms with van der Waals surface area (Å²) in [4.78, 5) is 38.5. The number of imide groups is 1. The smallest absolute Gasteiger partial charge is 0.259 e. The number of carbonyl (C=O) groups excluding carboxylic acids is 3. The molecule has 0 aliphatic heterocycles. The van der Waals surface area contributed by atoms with Crippen LogP contribution in [0.2, 0.25) is 0 Å². The standard InChI is InChI=1S/C30H26N2O3/c33-28(21-25(23-14-6-2-7-15-23)20-22-12-4-1-5-13-22)32-30(35)26-18-10-11-19-27(26)31-29(34)24-16-8-3-9-17-24/h1-19,25H,20-21H2,(H,31,34)(H,32,33,35). The molecule has 0 fully saturated rings. The second-order valence-corrected chi connectivity index (χ2v) is 8.24. The first-order valence-electron chi connectivity index (χ1n) is 11.5. The number of nitrogens with one attached hydrogen (secondary N) is 2. The van der Waals surface area contributed by atoms with Crippen molar-refractivity contribution in [2.24, 2.45) is 0 Å². The van der Waals surface area contributed by atoms with Gasteiger partial charge in [-0.3, -0.25) is 19.7 Å². The van der Waals surface area contributed by atoms with Crippen LogP contribution in [-0.4, -0.2) is 17.7 Å². The summed E-state index contributed by atoms with van der Waals surface area (Å²) in [6, 6.07) is 35.2. The Balaban J connectivity index is 1.46. The summed E-state index contributed by atoms with van der Waals surface area (Å²) in [6.07, 6.45) is 0.833. The number of hydrogen-bond acceptors (Lipinski definition) is 3. The lowest BCUT2D eigenvalue weighted by atomic mass is 9.89. The third-order valence-electron chi connectivity index (χ3n) is 5.74. The minimum absolute atomic E-state index is 0.0839. The average molecular weight is 463 g/mol. The van der Waals surface area contributed by atoms with Crippen LogP contribution in [0.4, 0.5) is 5.69 Å². The van der Waals surface area contributed by atoms with Crippen molar-refractivity contribution in [1.29, 1.82) is 0 Å². The summed E-state index contributed by atoms with van der Waals surface area (Å²) < 4.78 is 0. The monoisotopic (exact) mass is 462 g/mol. The van der Waals surface area contributed by atoms with E-state index in [1.165, 1.54) is 0 Å². The Morgan fingerprint density at radius 3 is 1.89 bits per heavy atom. The second-order valence-electron chi connectivity index (χ2n) is 8.24. The van der Waals surface area contributed by atoms with E-state index < -0.39 is 5.91 Å². The fraction of sp³-hybridized carbons (Fsp3) is 0.100. The molecule has 4 aromatic carbocycles. The van der Waals surface area contributed by atoms with Gasteiger partial charge in [0.15, 0.2) is 0 Å². The highest BCUT2D eigenvalue weighted by Gasteiger charge is 2.20. The molecule has 0 aliphatic carbocycles. The molecular weight excluding hydrogens is 436 g/mol. The number of amides is 3. The summed E-state index contributed by atoms with van der Waals surface area (Å²) in [5.74, 6) is -1.34. The zero-order valence-electron chi connectivity index (χ0n) is 19.2. The molecule has 5 heteroatoms. The molecule has 2 N–H and O–H groups in total. The maximum Gasteiger partial charge on any atom is 0.259 e. The van der Waals surface area contributed by atoms with E-state index in [0.29, 0.717) is 17.7 Å². The van der Waals surface area contributed by atoms with Crippen molar-refractivity contribution >= 4 is 23.4 Å². The van der Waals surface area contributed by atoms with Crippen LogP contribution in [0.5, 0.6) is 0 Å². The summed E-state index contributed by atoms with van der Waals surface area (Å²) >= 11 is 0. The first-order valence-corrected chi connectivity index (χ1v) is 11.5. The molecule has 4 aromatic rings. The topological polar surface area (TPSA) is 75.3 Å². The molecule has 0 bridgehead atoms. The molecule has 0 radical (unpaired) electrons. The molecule has 3 amide bonds. The van der Waals surface area contributed by atoms with Crippen molar-refractivity contribution < 1.29 is 14.4 Å². The van der Waals surface area contributed by atoms with Crippen LogP contribution < -0.4 is 10.6 Å². The van der Waals surface area contributed by atoms with E-state index in [2.05, 4.69) is 10.6 Å². The Bertz CT molecular complexity index is 1290. The third-order valence-corrected chi connectivity index (χ3v) is 5.74. The molecule has 0 aliphatic rings. The summed E-state index contributed by atoms with van der Waals surface area (Å²) in [5.41, 5.74) is 3.20. The van der Waals surface area contributed by atoms with Crippen molar-refractivity contribution in [2.45, 2.75) is 18.8 Å². The number of benzene rings is 4. The Hall–Kier alpha value is -4.51. The second kappa shape index (κ2) is 11.6. The quantitative estimate of drug-likeness (QED) is 0.357. The molecule has 5 nitrogen and oxygen atoms in total. The van der Waals surface area contributed by atoms with Crippen LogP contribution in [-0.2, 0) is 11.2 Å². The highest BCUT2D eigenvalue weighted by Crippen LogP contribution is 2.25. The van der Waals surface area contributed by atoms with Gasteiger partial charge in [0.25, 0.3) is 11.8 Å². The number of anilines is 1. The lowest BCUT2D eigenvalue weighted by molar-refractivity contribution is -0.120. The molecule has 0 saturated carbocycles. The van der Waals surface area contributed by atoms with Gasteiger partial charge in [0, 0.05) is 12.0 Å². The normalized spacial score (nSPS) is 11.3. The van der Waals surface area contributed by atoms with Gasteiger partial charge in [-0.1, -0.05) is 91.0 Å². The zero-order chi connectivity index (χ0) is 24.5. The van der Waals surface area contributed by atoms with E-state index in [-0.39, 0.29) is 29.7 Å². The van der Waals surface area contributed by atoms with Gasteiger partial charge in [0.1, 0.15) is 0 Å². The number of hydrogen-bond donors (Lipinski definition) is 2. The Kier molecular flexibility index (Phi) is 7.81. The molecule has 1 atom stereocenters. The van der Waals surface area contributed by atoms with E-state index in [4.69, 9.17) is 0 Å². The molecule has 174 valence electrons. The largest absolute Gasteiger partial charge is 0.321 e. The zero-order valence-corrected chi connectivity index (χ0v) is 19.2. The van der Waals surface area contributed by atoms with Crippen LogP contribution in [0.1, 0.15) is 44.2 Å². The molecular formula is C30H26N2O3. The first kappa shape index (κ1) is 23.6. The van der Waals surface area contributed by atoms with Gasteiger partial charge in [-0.05, 0) is 47.7 Å². The fourth-order valence-corrected chi connectivity index (χ4v) is 3.97. The molecule has 0 aromatic heterocycles. The van der Waals surface area contributed by atoms with Crippen LogP contribution in [0.25, 0.3) is 0 Å². The van der Waals surface area contributed by atoms with Crippen LogP contribution in [0, 0.1) is 0 Å². The lowest BCUT2D eigenvalue weighted by Crippen LogP contribution is -2.32. The Morgan fingerprint density at radius 2 is 1.20 bits per heavy atom. The SMILES string of the molecule is O=C(CC(Cc1ccccc1)c1ccccc1)NC(=O)c1ccccc1NC(=O)c1ccccc1. The number of para-hydroxylation sites is 1. The Morgan fingerprint density at radius 1 is 0.629 bits per heavy atom. The van der Waals surface area contributed by atoms with Crippen molar-refractivity contribution in [2.75, 3.05) is 5.32 Å². The maximum absolute atomic E-state index is 13.0. The van der Waals surface area contributed by atoms with E-state index >= 15 is 0 Å². The van der Waals surface area contributed by atoms with Crippen molar-refractivity contribution in [3.05, 3.63) is 138 Å². The summed E-state index contributed by atoms with van der Waals surface area (Å²) in [7, 11) is 0. The van der Waals surface area contributed by atoms with Crippen LogP contribution >= 0.6 is 0 Å². The van der Waals surface area contributed by atoms with E-state index in [0.717, 1.165) is 11.1 Å². The van der Waals surface area contributed by atoms with E-state index in [1.807, 2.05) is 66.7 Å². The molecule has 1 unspecified atom stereocenters. The molecule has 4 rings (SSSR count). The van der Waals surface area contributed by atoms with Gasteiger partial charge < -0.3 is 5.32 Å². The molecule has 0 spiro atoms. The molecule has 35 heavy (non-hydrogen) atoms. The van der Waals surface area contributed by atoms with Gasteiger partial charge in [-0.2, -0.15) is 0 Å². The van der Waals surface area contributed by atoms with E-state index in [9.17, 15) is 14.4 Å². The molecule has 0 saturated heterocycles. The van der Waals surface area contributed by atoms with Gasteiger partial charge in [0.2, 0.25) is 5.91 Å². The van der Waals surface area contributed by atoms with Gasteiger partial charge in [0.05, 0.1) is 11.3 Å². The maximum atomic E-state index is 13.0. The number of rotatable bonds is 8. The predicted molar refractivity (Wildman–Crippen MR) is 137 cm³/mol. The van der Waals surface area contributed by atoms with Crippen LogP contribution in [0.3, 0.4) is 0 Å². The van der Waals surface area contributed by atoms with Gasteiger partial charge >= 0.3 is 0 Å². The van der Waals surface area contributed by atoms with Crippen molar-refractivity contribution in [3.63, 3.8) is 0 Å². The minimum Gasteiger partial charge on any atom is -0.321 e.